The summed E-state index contributed by atoms with van der Waals surface area (Å²) in [5.41, 5.74) is 5.60. The number of amides is 2. The first-order valence-electron chi connectivity index (χ1n) is 7.50. The molecule has 2 aromatic rings. The highest BCUT2D eigenvalue weighted by atomic mass is 32.1. The highest BCUT2D eigenvalue weighted by molar-refractivity contribution is 7.12. The van der Waals surface area contributed by atoms with Gasteiger partial charge in [-0.05, 0) is 18.9 Å². The Morgan fingerprint density at radius 2 is 2.26 bits per heavy atom. The van der Waals surface area contributed by atoms with Crippen LogP contribution in [0.1, 0.15) is 70.4 Å². The first kappa shape index (κ1) is 15.7. The van der Waals surface area contributed by atoms with Crippen LogP contribution in [-0.4, -0.2) is 33.4 Å². The molecule has 0 bridgehead atoms. The van der Waals surface area contributed by atoms with Gasteiger partial charge in [0.05, 0.1) is 16.5 Å². The standard InChI is InChI=1S/C15H18N4O3S/c1-8(2)14-17-13(18-22-14)10-4-3-5-19(10)15(21)11-6-9(7-23-11)12(16)20/h6-8,10H,3-5H2,1-2H3,(H2,16,20)/t10-/m1/s1. The van der Waals surface area contributed by atoms with Crippen molar-refractivity contribution in [3.63, 3.8) is 0 Å². The van der Waals surface area contributed by atoms with Crippen molar-refractivity contribution in [3.8, 4) is 0 Å². The van der Waals surface area contributed by atoms with E-state index in [1.807, 2.05) is 13.8 Å². The van der Waals surface area contributed by atoms with Crippen LogP contribution in [-0.2, 0) is 0 Å². The molecular weight excluding hydrogens is 316 g/mol. The van der Waals surface area contributed by atoms with Gasteiger partial charge in [-0.15, -0.1) is 11.3 Å². The van der Waals surface area contributed by atoms with E-state index in [1.54, 1.807) is 16.3 Å². The zero-order valence-corrected chi connectivity index (χ0v) is 13.8. The number of hydrogen-bond acceptors (Lipinski definition) is 6. The van der Waals surface area contributed by atoms with Crippen molar-refractivity contribution in [1.29, 1.82) is 0 Å². The van der Waals surface area contributed by atoms with Crippen molar-refractivity contribution in [1.82, 2.24) is 15.0 Å². The summed E-state index contributed by atoms with van der Waals surface area (Å²) in [5, 5.41) is 5.63. The number of nitrogens with two attached hydrogens (primary N) is 1. The fraction of sp³-hybridized carbons (Fsp3) is 0.467. The Labute approximate surface area is 137 Å². The van der Waals surface area contributed by atoms with Crippen molar-refractivity contribution in [2.24, 2.45) is 5.73 Å². The van der Waals surface area contributed by atoms with E-state index >= 15 is 0 Å². The zero-order valence-electron chi connectivity index (χ0n) is 13.0. The number of hydrogen-bond donors (Lipinski definition) is 1. The van der Waals surface area contributed by atoms with Crippen LogP contribution in [0.25, 0.3) is 0 Å². The summed E-state index contributed by atoms with van der Waals surface area (Å²) in [6, 6.07) is 1.36. The number of carbonyl (C=O) groups excluding carboxylic acids is 2. The van der Waals surface area contributed by atoms with E-state index in [4.69, 9.17) is 10.3 Å². The molecule has 2 N–H and O–H groups in total. The second kappa shape index (κ2) is 6.11. The molecule has 0 saturated carbocycles. The maximum atomic E-state index is 12.7. The largest absolute Gasteiger partial charge is 0.366 e. The third-order valence-corrected chi connectivity index (χ3v) is 4.78. The van der Waals surface area contributed by atoms with Gasteiger partial charge in [-0.2, -0.15) is 4.98 Å². The van der Waals surface area contributed by atoms with Crippen LogP contribution in [0, 0.1) is 0 Å². The highest BCUT2D eigenvalue weighted by Gasteiger charge is 2.34. The lowest BCUT2D eigenvalue weighted by Gasteiger charge is -2.21. The topological polar surface area (TPSA) is 102 Å². The number of thiophene rings is 1. The van der Waals surface area contributed by atoms with Gasteiger partial charge in [-0.3, -0.25) is 9.59 Å². The zero-order chi connectivity index (χ0) is 16.6. The van der Waals surface area contributed by atoms with Gasteiger partial charge < -0.3 is 15.2 Å². The lowest BCUT2D eigenvalue weighted by molar-refractivity contribution is 0.0733. The predicted molar refractivity (Wildman–Crippen MR) is 84.2 cm³/mol. The molecule has 1 saturated heterocycles. The van der Waals surface area contributed by atoms with Gasteiger partial charge in [-0.1, -0.05) is 19.0 Å². The van der Waals surface area contributed by atoms with E-state index < -0.39 is 5.91 Å². The van der Waals surface area contributed by atoms with Gasteiger partial charge in [-0.25, -0.2) is 0 Å². The Kier molecular flexibility index (Phi) is 4.16. The van der Waals surface area contributed by atoms with Crippen LogP contribution in [0.15, 0.2) is 16.0 Å². The van der Waals surface area contributed by atoms with Gasteiger partial charge in [0.1, 0.15) is 0 Å². The molecule has 8 heteroatoms. The number of rotatable bonds is 4. The molecule has 1 aliphatic heterocycles. The molecule has 122 valence electrons. The average Bonchev–Trinajstić information content (AvgIpc) is 3.24. The molecule has 23 heavy (non-hydrogen) atoms. The molecule has 0 aromatic carbocycles. The number of likely N-dealkylation sites (tertiary alicyclic amines) is 1. The molecule has 1 atom stereocenters. The van der Waals surface area contributed by atoms with E-state index in [1.165, 1.54) is 11.3 Å². The minimum Gasteiger partial charge on any atom is -0.366 e. The molecule has 0 spiro atoms. The molecule has 1 fully saturated rings. The van der Waals surface area contributed by atoms with Gasteiger partial charge in [0.25, 0.3) is 5.91 Å². The molecule has 0 radical (unpaired) electrons. The SMILES string of the molecule is CC(C)c1nc([C@H]2CCCN2C(=O)c2cc(C(N)=O)cs2)no1. The first-order valence-corrected chi connectivity index (χ1v) is 8.38. The third-order valence-electron chi connectivity index (χ3n) is 3.86. The Morgan fingerprint density at radius 1 is 1.48 bits per heavy atom. The molecule has 2 aromatic heterocycles. The van der Waals surface area contributed by atoms with Crippen molar-refractivity contribution in [3.05, 3.63) is 33.6 Å². The van der Waals surface area contributed by atoms with Gasteiger partial charge in [0.2, 0.25) is 11.8 Å². The van der Waals surface area contributed by atoms with Crippen LogP contribution >= 0.6 is 11.3 Å². The lowest BCUT2D eigenvalue weighted by atomic mass is 10.2. The van der Waals surface area contributed by atoms with E-state index in [-0.39, 0.29) is 17.9 Å². The molecule has 0 aliphatic carbocycles. The number of carbonyl (C=O) groups is 2. The van der Waals surface area contributed by atoms with Crippen molar-refractivity contribution < 1.29 is 14.1 Å². The van der Waals surface area contributed by atoms with Gasteiger partial charge in [0.15, 0.2) is 5.82 Å². The average molecular weight is 334 g/mol. The normalized spacial score (nSPS) is 17.9. The van der Waals surface area contributed by atoms with Crippen LogP contribution in [0.5, 0.6) is 0 Å². The van der Waals surface area contributed by atoms with Crippen molar-refractivity contribution in [2.45, 2.75) is 38.6 Å². The fourth-order valence-electron chi connectivity index (χ4n) is 2.61. The van der Waals surface area contributed by atoms with E-state index in [0.717, 1.165) is 12.8 Å². The maximum Gasteiger partial charge on any atom is 0.264 e. The molecule has 2 amide bonds. The molecule has 7 nitrogen and oxygen atoms in total. The number of aromatic nitrogens is 2. The fourth-order valence-corrected chi connectivity index (χ4v) is 3.47. The molecule has 3 heterocycles. The summed E-state index contributed by atoms with van der Waals surface area (Å²) >= 11 is 1.22. The second-order valence-electron chi connectivity index (χ2n) is 5.87. The third kappa shape index (κ3) is 2.98. The van der Waals surface area contributed by atoms with E-state index in [0.29, 0.717) is 28.7 Å². The minimum absolute atomic E-state index is 0.124. The summed E-state index contributed by atoms with van der Waals surface area (Å²) < 4.78 is 5.25. The van der Waals surface area contributed by atoms with Crippen LogP contribution < -0.4 is 5.73 Å². The quantitative estimate of drug-likeness (QED) is 0.924. The van der Waals surface area contributed by atoms with E-state index in [2.05, 4.69) is 10.1 Å². The summed E-state index contributed by atoms with van der Waals surface area (Å²) in [6.07, 6.45) is 1.69. The molecular formula is C15H18N4O3S. The van der Waals surface area contributed by atoms with E-state index in [9.17, 15) is 9.59 Å². The molecule has 1 aliphatic rings. The summed E-state index contributed by atoms with van der Waals surface area (Å²) in [6.45, 7) is 4.59. The highest BCUT2D eigenvalue weighted by Crippen LogP contribution is 2.33. The first-order chi connectivity index (χ1) is 11.0. The molecule has 3 rings (SSSR count). The summed E-state index contributed by atoms with van der Waals surface area (Å²) in [5.74, 6) is 0.619. The summed E-state index contributed by atoms with van der Waals surface area (Å²) in [7, 11) is 0. The number of nitrogens with zero attached hydrogens (tertiary/aromatic N) is 3. The van der Waals surface area contributed by atoms with Crippen LogP contribution in [0.4, 0.5) is 0 Å². The van der Waals surface area contributed by atoms with Crippen molar-refractivity contribution >= 4 is 23.2 Å². The summed E-state index contributed by atoms with van der Waals surface area (Å²) in [4.78, 5) is 30.5. The predicted octanol–water partition coefficient (Wildman–Crippen LogP) is 2.33. The lowest BCUT2D eigenvalue weighted by Crippen LogP contribution is -2.30. The Morgan fingerprint density at radius 3 is 2.87 bits per heavy atom. The Hall–Kier alpha value is -2.22. The molecule has 0 unspecified atom stereocenters. The monoisotopic (exact) mass is 334 g/mol. The second-order valence-corrected chi connectivity index (χ2v) is 6.78. The van der Waals surface area contributed by atoms with Crippen LogP contribution in [0.3, 0.4) is 0 Å². The van der Waals surface area contributed by atoms with Crippen molar-refractivity contribution in [2.75, 3.05) is 6.54 Å². The minimum atomic E-state index is -0.530. The smallest absolute Gasteiger partial charge is 0.264 e. The Bertz CT molecular complexity index is 737. The number of primary amides is 1. The van der Waals surface area contributed by atoms with Gasteiger partial charge in [0, 0.05) is 17.8 Å². The Balaban J connectivity index is 1.82. The van der Waals surface area contributed by atoms with Crippen LogP contribution in [0.2, 0.25) is 0 Å². The van der Waals surface area contributed by atoms with Gasteiger partial charge >= 0.3 is 0 Å². The maximum absolute atomic E-state index is 12.7.